The number of nitro groups is 1. The van der Waals surface area contributed by atoms with Crippen LogP contribution in [0.2, 0.25) is 0 Å². The molecule has 174 valence electrons. The van der Waals surface area contributed by atoms with Crippen LogP contribution in [0.25, 0.3) is 0 Å². The van der Waals surface area contributed by atoms with Crippen molar-refractivity contribution in [3.05, 3.63) is 33.8 Å². The summed E-state index contributed by atoms with van der Waals surface area (Å²) < 4.78 is 8.13. The zero-order valence-electron chi connectivity index (χ0n) is 18.2. The highest BCUT2D eigenvalue weighted by molar-refractivity contribution is 5.81. The van der Waals surface area contributed by atoms with E-state index in [9.17, 15) is 20.0 Å². The van der Waals surface area contributed by atoms with Crippen LogP contribution in [0.15, 0.2) is 12.4 Å². The maximum atomic E-state index is 11.8. The number of aromatic nitrogens is 4. The predicted octanol–water partition coefficient (Wildman–Crippen LogP) is 1.97. The van der Waals surface area contributed by atoms with Gasteiger partial charge < -0.3 is 20.5 Å². The lowest BCUT2D eigenvalue weighted by molar-refractivity contribution is -0.386. The molecule has 33 heavy (non-hydrogen) atoms. The average molecular weight is 455 g/mol. The molecule has 7 rings (SSSR count). The number of anilines is 2. The summed E-state index contributed by atoms with van der Waals surface area (Å²) in [6.07, 6.45) is 6.77. The lowest BCUT2D eigenvalue weighted by Crippen LogP contribution is -2.68. The molecule has 3 heterocycles. The van der Waals surface area contributed by atoms with E-state index in [1.165, 1.54) is 0 Å². The molecule has 1 saturated heterocycles. The van der Waals surface area contributed by atoms with Crippen molar-refractivity contribution in [2.45, 2.75) is 62.7 Å². The van der Waals surface area contributed by atoms with Gasteiger partial charge in [-0.05, 0) is 39.0 Å². The van der Waals surface area contributed by atoms with Crippen molar-refractivity contribution >= 4 is 23.4 Å². The normalized spacial score (nSPS) is 32.7. The SMILES string of the molecule is C[C@@H]1CN(c2nc(N)c([N+](=O)[O-])c(C34CC(C(=O)O)(C3)C4)n2)C[C@H](c2cnn(C3CC3)c2)O1. The zero-order valence-corrected chi connectivity index (χ0v) is 18.2. The highest BCUT2D eigenvalue weighted by Gasteiger charge is 2.74. The first-order valence-electron chi connectivity index (χ1n) is 11.2. The van der Waals surface area contributed by atoms with Gasteiger partial charge in [0, 0.05) is 23.7 Å². The molecule has 12 nitrogen and oxygen atoms in total. The van der Waals surface area contributed by atoms with Crippen molar-refractivity contribution in [3.63, 3.8) is 0 Å². The third-order valence-electron chi connectivity index (χ3n) is 7.53. The molecule has 1 aliphatic heterocycles. The molecular weight excluding hydrogens is 430 g/mol. The summed E-state index contributed by atoms with van der Waals surface area (Å²) in [4.78, 5) is 33.6. The minimum Gasteiger partial charge on any atom is -0.481 e. The number of carboxylic acid groups (broad SMARTS) is 1. The van der Waals surface area contributed by atoms with Crippen LogP contribution in [0.3, 0.4) is 0 Å². The lowest BCUT2D eigenvalue weighted by Gasteiger charge is -2.67. The van der Waals surface area contributed by atoms with E-state index in [1.54, 1.807) is 0 Å². The fraction of sp³-hybridized carbons (Fsp3) is 0.619. The van der Waals surface area contributed by atoms with Crippen LogP contribution in [0.4, 0.5) is 17.5 Å². The number of hydrogen-bond donors (Lipinski definition) is 2. The topological polar surface area (TPSA) is 163 Å². The van der Waals surface area contributed by atoms with Crippen molar-refractivity contribution in [2.75, 3.05) is 23.7 Å². The number of ether oxygens (including phenoxy) is 1. The van der Waals surface area contributed by atoms with E-state index in [1.807, 2.05) is 28.9 Å². The van der Waals surface area contributed by atoms with Crippen LogP contribution >= 0.6 is 0 Å². The molecular formula is C21H25N7O5. The van der Waals surface area contributed by atoms with E-state index in [0.29, 0.717) is 44.3 Å². The van der Waals surface area contributed by atoms with E-state index in [0.717, 1.165) is 18.4 Å². The number of rotatable bonds is 6. The van der Waals surface area contributed by atoms with Gasteiger partial charge in [-0.2, -0.15) is 10.1 Å². The predicted molar refractivity (Wildman–Crippen MR) is 115 cm³/mol. The summed E-state index contributed by atoms with van der Waals surface area (Å²) in [7, 11) is 0. The third-order valence-corrected chi connectivity index (χ3v) is 7.53. The Balaban J connectivity index is 1.31. The Kier molecular flexibility index (Phi) is 4.08. The lowest BCUT2D eigenvalue weighted by atomic mass is 9.34. The Morgan fingerprint density at radius 1 is 1.30 bits per heavy atom. The smallest absolute Gasteiger partial charge is 0.333 e. The number of nitrogen functional groups attached to an aromatic ring is 1. The van der Waals surface area contributed by atoms with E-state index in [-0.39, 0.29) is 29.4 Å². The number of carbonyl (C=O) groups is 1. The quantitative estimate of drug-likeness (QED) is 0.486. The molecule has 5 aliphatic rings. The van der Waals surface area contributed by atoms with Crippen molar-refractivity contribution in [3.8, 4) is 0 Å². The van der Waals surface area contributed by atoms with Crippen molar-refractivity contribution in [1.29, 1.82) is 0 Å². The molecule has 3 N–H and O–H groups in total. The Morgan fingerprint density at radius 2 is 2.03 bits per heavy atom. The standard InChI is InChI=1S/C21H25N7O5/c1-11-5-26(7-14(33-11)12-4-23-27(6-12)13-2-3-13)19-24-16(15(28(31)32)17(22)25-19)20-8-21(9-20,10-20)18(29)30/h4,6,11,13-14H,2-3,5,7-10H2,1H3,(H,29,30)(H2,22,24,25)/t11-,14-,20?,21?/m1/s1. The van der Waals surface area contributed by atoms with Crippen LogP contribution in [0.1, 0.15) is 62.4 Å². The van der Waals surface area contributed by atoms with Crippen LogP contribution in [-0.2, 0) is 14.9 Å². The van der Waals surface area contributed by atoms with Gasteiger partial charge in [0.15, 0.2) is 0 Å². The second-order valence-corrected chi connectivity index (χ2v) is 10.1. The average Bonchev–Trinajstić information content (AvgIpc) is 3.41. The molecule has 2 atom stereocenters. The van der Waals surface area contributed by atoms with Crippen LogP contribution in [0, 0.1) is 15.5 Å². The first-order valence-corrected chi connectivity index (χ1v) is 11.2. The Labute approximate surface area is 188 Å². The molecule has 0 radical (unpaired) electrons. The molecule has 2 aromatic heterocycles. The van der Waals surface area contributed by atoms with Gasteiger partial charge in [-0.25, -0.2) is 4.98 Å². The number of carboxylic acids is 1. The van der Waals surface area contributed by atoms with Gasteiger partial charge in [-0.15, -0.1) is 0 Å². The zero-order chi connectivity index (χ0) is 23.1. The van der Waals surface area contributed by atoms with Crippen LogP contribution in [-0.4, -0.2) is 54.9 Å². The number of nitrogens with zero attached hydrogens (tertiary/aromatic N) is 6. The van der Waals surface area contributed by atoms with E-state index < -0.39 is 21.7 Å². The first kappa shape index (κ1) is 20.3. The molecule has 5 fully saturated rings. The Hall–Kier alpha value is -3.28. The summed E-state index contributed by atoms with van der Waals surface area (Å²) in [6.45, 7) is 2.93. The summed E-state index contributed by atoms with van der Waals surface area (Å²) in [5.41, 5.74) is 5.58. The fourth-order valence-electron chi connectivity index (χ4n) is 5.77. The minimum atomic E-state index is -0.856. The second kappa shape index (κ2) is 6.62. The van der Waals surface area contributed by atoms with Gasteiger partial charge in [0.25, 0.3) is 0 Å². The maximum Gasteiger partial charge on any atom is 0.333 e. The Morgan fingerprint density at radius 3 is 2.67 bits per heavy atom. The molecule has 4 aliphatic carbocycles. The molecule has 0 unspecified atom stereocenters. The highest BCUT2D eigenvalue weighted by atomic mass is 16.6. The van der Waals surface area contributed by atoms with E-state index in [2.05, 4.69) is 15.1 Å². The van der Waals surface area contributed by atoms with Gasteiger partial charge in [-0.3, -0.25) is 19.6 Å². The molecule has 2 aromatic rings. The van der Waals surface area contributed by atoms with Gasteiger partial charge >= 0.3 is 11.7 Å². The molecule has 2 bridgehead atoms. The molecule has 0 aromatic carbocycles. The van der Waals surface area contributed by atoms with Gasteiger partial charge in [0.2, 0.25) is 11.8 Å². The van der Waals surface area contributed by atoms with Crippen LogP contribution < -0.4 is 10.6 Å². The maximum absolute atomic E-state index is 11.8. The van der Waals surface area contributed by atoms with Crippen molar-refractivity contribution < 1.29 is 19.6 Å². The first-order chi connectivity index (χ1) is 15.7. The largest absolute Gasteiger partial charge is 0.481 e. The van der Waals surface area contributed by atoms with Crippen molar-refractivity contribution in [2.24, 2.45) is 5.41 Å². The Bertz CT molecular complexity index is 1160. The number of hydrogen-bond acceptors (Lipinski definition) is 9. The van der Waals surface area contributed by atoms with Gasteiger partial charge in [-0.1, -0.05) is 0 Å². The van der Waals surface area contributed by atoms with Crippen LogP contribution in [0.5, 0.6) is 0 Å². The summed E-state index contributed by atoms with van der Waals surface area (Å²) in [6, 6.07) is 0.471. The van der Waals surface area contributed by atoms with Gasteiger partial charge in [0.05, 0.1) is 35.2 Å². The fourth-order valence-corrected chi connectivity index (χ4v) is 5.77. The second-order valence-electron chi connectivity index (χ2n) is 10.1. The molecule has 12 heteroatoms. The summed E-state index contributed by atoms with van der Waals surface area (Å²) >= 11 is 0. The third kappa shape index (κ3) is 3.00. The van der Waals surface area contributed by atoms with Crippen molar-refractivity contribution in [1.82, 2.24) is 19.7 Å². The minimum absolute atomic E-state index is 0.123. The molecule has 4 saturated carbocycles. The van der Waals surface area contributed by atoms with Gasteiger partial charge in [0.1, 0.15) is 11.8 Å². The molecule has 0 amide bonds. The van der Waals surface area contributed by atoms with E-state index >= 15 is 0 Å². The number of nitrogens with two attached hydrogens (primary N) is 1. The number of morpholine rings is 1. The summed E-state index contributed by atoms with van der Waals surface area (Å²) in [5, 5.41) is 25.7. The number of aliphatic carboxylic acids is 1. The molecule has 0 spiro atoms. The monoisotopic (exact) mass is 455 g/mol. The highest BCUT2D eigenvalue weighted by Crippen LogP contribution is 2.74. The van der Waals surface area contributed by atoms with E-state index in [4.69, 9.17) is 10.5 Å². The summed E-state index contributed by atoms with van der Waals surface area (Å²) in [5.74, 6) is -0.728.